The highest BCUT2D eigenvalue weighted by Gasteiger charge is 2.23. The Morgan fingerprint density at radius 2 is 1.86 bits per heavy atom. The summed E-state index contributed by atoms with van der Waals surface area (Å²) < 4.78 is 5.39. The van der Waals surface area contributed by atoms with E-state index in [1.807, 2.05) is 0 Å². The van der Waals surface area contributed by atoms with Gasteiger partial charge in [-0.1, -0.05) is 40.7 Å². The van der Waals surface area contributed by atoms with Crippen molar-refractivity contribution in [2.24, 2.45) is 11.8 Å². The molecule has 0 aliphatic carbocycles. The zero-order chi connectivity index (χ0) is 11.3. The molecule has 0 bridgehead atoms. The van der Waals surface area contributed by atoms with Gasteiger partial charge in [0.05, 0.1) is 0 Å². The van der Waals surface area contributed by atoms with Crippen LogP contribution in [0, 0.1) is 11.8 Å². The van der Waals surface area contributed by atoms with Crippen molar-refractivity contribution < 1.29 is 9.53 Å². The summed E-state index contributed by atoms with van der Waals surface area (Å²) in [7, 11) is 0. The smallest absolute Gasteiger partial charge is 0.333 e. The number of rotatable bonds is 5. The molecule has 2 heteroatoms. The van der Waals surface area contributed by atoms with Crippen molar-refractivity contribution in [3.8, 4) is 0 Å². The average Bonchev–Trinajstić information content (AvgIpc) is 2.11. The highest BCUT2D eigenvalue weighted by atomic mass is 16.5. The number of esters is 1. The maximum atomic E-state index is 11.4. The molecule has 0 aliphatic rings. The second-order valence-corrected chi connectivity index (χ2v) is 4.28. The molecule has 2 unspecified atom stereocenters. The van der Waals surface area contributed by atoms with Crippen molar-refractivity contribution in [1.29, 1.82) is 0 Å². The van der Waals surface area contributed by atoms with Crippen LogP contribution in [0.4, 0.5) is 0 Å². The van der Waals surface area contributed by atoms with Gasteiger partial charge in [-0.05, 0) is 18.8 Å². The third-order valence-electron chi connectivity index (χ3n) is 2.45. The number of carbonyl (C=O) groups is 1. The van der Waals surface area contributed by atoms with Gasteiger partial charge < -0.3 is 4.74 Å². The van der Waals surface area contributed by atoms with E-state index in [4.69, 9.17) is 4.74 Å². The third-order valence-corrected chi connectivity index (χ3v) is 2.45. The minimum absolute atomic E-state index is 0.00389. The third kappa shape index (κ3) is 3.95. The van der Waals surface area contributed by atoms with Crippen LogP contribution in [0.1, 0.15) is 41.0 Å². The highest BCUT2D eigenvalue weighted by molar-refractivity contribution is 5.87. The van der Waals surface area contributed by atoms with Crippen LogP contribution in [0.15, 0.2) is 12.2 Å². The topological polar surface area (TPSA) is 26.3 Å². The molecule has 0 aromatic rings. The summed E-state index contributed by atoms with van der Waals surface area (Å²) in [6.45, 7) is 13.6. The van der Waals surface area contributed by atoms with Crippen LogP contribution >= 0.6 is 0 Å². The van der Waals surface area contributed by atoms with E-state index in [2.05, 4.69) is 34.3 Å². The molecule has 0 fully saturated rings. The molecular weight excluding hydrogens is 176 g/mol. The first-order valence-electron chi connectivity index (χ1n) is 5.26. The minimum atomic E-state index is -0.274. The predicted molar refractivity (Wildman–Crippen MR) is 59.0 cm³/mol. The maximum absolute atomic E-state index is 11.4. The Bertz CT molecular complexity index is 206. The molecule has 82 valence electrons. The molecule has 0 aromatic carbocycles. The molecule has 0 heterocycles. The average molecular weight is 198 g/mol. The summed E-state index contributed by atoms with van der Waals surface area (Å²) in [6.07, 6.45) is 1.02. The summed E-state index contributed by atoms with van der Waals surface area (Å²) >= 11 is 0. The Hall–Kier alpha value is -0.790. The lowest BCUT2D eigenvalue weighted by Gasteiger charge is -2.26. The zero-order valence-electron chi connectivity index (χ0n) is 9.96. The van der Waals surface area contributed by atoms with Crippen LogP contribution in [0.3, 0.4) is 0 Å². The molecule has 0 amide bonds. The van der Waals surface area contributed by atoms with Gasteiger partial charge in [-0.15, -0.1) is 0 Å². The lowest BCUT2D eigenvalue weighted by molar-refractivity contribution is -0.149. The summed E-state index contributed by atoms with van der Waals surface area (Å²) in [5.74, 6) is 0.482. The number of hydrogen-bond acceptors (Lipinski definition) is 2. The fraction of sp³-hybridized carbons (Fsp3) is 0.750. The Morgan fingerprint density at radius 1 is 1.36 bits per heavy atom. The van der Waals surface area contributed by atoms with E-state index in [0.29, 0.717) is 17.4 Å². The predicted octanol–water partition coefficient (Wildman–Crippen LogP) is 3.18. The van der Waals surface area contributed by atoms with E-state index < -0.39 is 0 Å². The van der Waals surface area contributed by atoms with Crippen molar-refractivity contribution in [1.82, 2.24) is 0 Å². The van der Waals surface area contributed by atoms with Crippen LogP contribution in [0.5, 0.6) is 0 Å². The van der Waals surface area contributed by atoms with Gasteiger partial charge in [0.15, 0.2) is 0 Å². The maximum Gasteiger partial charge on any atom is 0.333 e. The molecular formula is C12H22O2. The van der Waals surface area contributed by atoms with E-state index in [9.17, 15) is 4.79 Å². The number of carbonyl (C=O) groups excluding carboxylic acids is 1. The Labute approximate surface area is 87.3 Å². The van der Waals surface area contributed by atoms with Crippen LogP contribution in [-0.2, 0) is 9.53 Å². The first-order valence-corrected chi connectivity index (χ1v) is 5.26. The van der Waals surface area contributed by atoms with Gasteiger partial charge in [-0.2, -0.15) is 0 Å². The Balaban J connectivity index is 4.38. The van der Waals surface area contributed by atoms with Crippen molar-refractivity contribution in [3.05, 3.63) is 12.2 Å². The van der Waals surface area contributed by atoms with Crippen LogP contribution in [-0.4, -0.2) is 12.1 Å². The standard InChI is InChI=1S/C12H22O2/c1-7-10(6)11(8(2)3)14-12(13)9(4)5/h8,10-11H,4,7H2,1-3,5-6H3. The number of ether oxygens (including phenoxy) is 1. The van der Waals surface area contributed by atoms with Crippen molar-refractivity contribution in [3.63, 3.8) is 0 Å². The summed E-state index contributed by atoms with van der Waals surface area (Å²) in [6, 6.07) is 0. The van der Waals surface area contributed by atoms with E-state index in [1.54, 1.807) is 6.92 Å². The van der Waals surface area contributed by atoms with E-state index >= 15 is 0 Å². The molecule has 0 aromatic heterocycles. The van der Waals surface area contributed by atoms with Crippen molar-refractivity contribution in [2.45, 2.75) is 47.1 Å². The van der Waals surface area contributed by atoms with Gasteiger partial charge in [0.1, 0.15) is 6.10 Å². The van der Waals surface area contributed by atoms with Crippen molar-refractivity contribution in [2.75, 3.05) is 0 Å². The van der Waals surface area contributed by atoms with Gasteiger partial charge in [0.25, 0.3) is 0 Å². The summed E-state index contributed by atoms with van der Waals surface area (Å²) in [5, 5.41) is 0. The van der Waals surface area contributed by atoms with E-state index in [-0.39, 0.29) is 12.1 Å². The van der Waals surface area contributed by atoms with Gasteiger partial charge in [-0.25, -0.2) is 4.79 Å². The molecule has 0 spiro atoms. The van der Waals surface area contributed by atoms with Gasteiger partial charge in [-0.3, -0.25) is 0 Å². The van der Waals surface area contributed by atoms with Gasteiger partial charge in [0.2, 0.25) is 0 Å². The molecule has 0 N–H and O–H groups in total. The first-order chi connectivity index (χ1) is 6.40. The first kappa shape index (κ1) is 13.2. The molecule has 0 saturated heterocycles. The molecule has 0 aliphatic heterocycles. The lowest BCUT2D eigenvalue weighted by Crippen LogP contribution is -2.30. The molecule has 2 atom stereocenters. The van der Waals surface area contributed by atoms with Crippen LogP contribution in [0.2, 0.25) is 0 Å². The fourth-order valence-corrected chi connectivity index (χ4v) is 1.37. The second kappa shape index (κ2) is 5.84. The van der Waals surface area contributed by atoms with E-state index in [1.165, 1.54) is 0 Å². The molecule has 2 nitrogen and oxygen atoms in total. The molecule has 0 radical (unpaired) electrons. The lowest BCUT2D eigenvalue weighted by atomic mass is 9.92. The van der Waals surface area contributed by atoms with Gasteiger partial charge in [0, 0.05) is 5.57 Å². The Kier molecular flexibility index (Phi) is 5.51. The van der Waals surface area contributed by atoms with E-state index in [0.717, 1.165) is 6.42 Å². The molecule has 0 rings (SSSR count). The highest BCUT2D eigenvalue weighted by Crippen LogP contribution is 2.20. The largest absolute Gasteiger partial charge is 0.458 e. The quantitative estimate of drug-likeness (QED) is 0.501. The SMILES string of the molecule is C=C(C)C(=O)OC(C(C)C)C(C)CC. The second-order valence-electron chi connectivity index (χ2n) is 4.28. The number of hydrogen-bond donors (Lipinski definition) is 0. The van der Waals surface area contributed by atoms with Gasteiger partial charge >= 0.3 is 5.97 Å². The normalized spacial score (nSPS) is 15.0. The fourth-order valence-electron chi connectivity index (χ4n) is 1.37. The minimum Gasteiger partial charge on any atom is -0.458 e. The Morgan fingerprint density at radius 3 is 2.14 bits per heavy atom. The molecule has 0 saturated carbocycles. The molecule has 14 heavy (non-hydrogen) atoms. The summed E-state index contributed by atoms with van der Waals surface area (Å²) in [5.41, 5.74) is 0.471. The zero-order valence-corrected chi connectivity index (χ0v) is 9.96. The van der Waals surface area contributed by atoms with Crippen molar-refractivity contribution >= 4 is 5.97 Å². The van der Waals surface area contributed by atoms with Crippen LogP contribution < -0.4 is 0 Å². The van der Waals surface area contributed by atoms with Crippen LogP contribution in [0.25, 0.3) is 0 Å². The monoisotopic (exact) mass is 198 g/mol. The summed E-state index contributed by atoms with van der Waals surface area (Å²) in [4.78, 5) is 11.4.